The van der Waals surface area contributed by atoms with Crippen molar-refractivity contribution in [2.75, 3.05) is 13.1 Å². The number of hydrogen-bond acceptors (Lipinski definition) is 6. The van der Waals surface area contributed by atoms with Crippen molar-refractivity contribution >= 4 is 0 Å². The van der Waals surface area contributed by atoms with Gasteiger partial charge in [-0.2, -0.15) is 4.98 Å². The highest BCUT2D eigenvalue weighted by Gasteiger charge is 2.37. The van der Waals surface area contributed by atoms with Gasteiger partial charge in [0.2, 0.25) is 5.82 Å². The van der Waals surface area contributed by atoms with E-state index in [1.807, 2.05) is 0 Å². The Morgan fingerprint density at radius 2 is 2.41 bits per heavy atom. The first-order valence-electron chi connectivity index (χ1n) is 5.59. The minimum Gasteiger partial charge on any atom is -0.461 e. The highest BCUT2D eigenvalue weighted by atomic mass is 16.5. The van der Waals surface area contributed by atoms with E-state index >= 15 is 0 Å². The van der Waals surface area contributed by atoms with E-state index in [1.54, 1.807) is 18.4 Å². The number of nitrogens with one attached hydrogen (secondary N) is 1. The van der Waals surface area contributed by atoms with Gasteiger partial charge in [-0.3, -0.25) is 0 Å². The van der Waals surface area contributed by atoms with Crippen molar-refractivity contribution in [1.82, 2.24) is 15.5 Å². The van der Waals surface area contributed by atoms with Crippen molar-refractivity contribution in [2.45, 2.75) is 18.4 Å². The average Bonchev–Trinajstić information content (AvgIpc) is 3.01. The van der Waals surface area contributed by atoms with E-state index < -0.39 is 5.60 Å². The van der Waals surface area contributed by atoms with E-state index in [4.69, 9.17) is 8.94 Å². The zero-order chi connectivity index (χ0) is 11.7. The average molecular weight is 235 g/mol. The van der Waals surface area contributed by atoms with E-state index in [1.165, 1.54) is 0 Å². The van der Waals surface area contributed by atoms with Crippen LogP contribution in [0.3, 0.4) is 0 Å². The van der Waals surface area contributed by atoms with Crippen molar-refractivity contribution in [1.29, 1.82) is 0 Å². The van der Waals surface area contributed by atoms with Gasteiger partial charge in [-0.15, -0.1) is 0 Å². The zero-order valence-corrected chi connectivity index (χ0v) is 9.22. The summed E-state index contributed by atoms with van der Waals surface area (Å²) in [5.74, 6) is 1.15. The molecule has 6 heteroatoms. The Bertz CT molecular complexity index is 486. The van der Waals surface area contributed by atoms with Crippen LogP contribution in [0.1, 0.15) is 18.7 Å². The molecule has 0 aromatic carbocycles. The molecule has 1 fully saturated rings. The molecular formula is C11H13N3O3. The summed E-state index contributed by atoms with van der Waals surface area (Å²) in [5, 5.41) is 17.3. The summed E-state index contributed by atoms with van der Waals surface area (Å²) in [7, 11) is 0. The summed E-state index contributed by atoms with van der Waals surface area (Å²) in [6.07, 6.45) is 3.05. The molecule has 17 heavy (non-hydrogen) atoms. The number of piperidine rings is 1. The van der Waals surface area contributed by atoms with Crippen LogP contribution >= 0.6 is 0 Å². The molecule has 1 aliphatic heterocycles. The third kappa shape index (κ3) is 1.85. The van der Waals surface area contributed by atoms with Gasteiger partial charge in [-0.1, -0.05) is 5.16 Å². The van der Waals surface area contributed by atoms with Gasteiger partial charge >= 0.3 is 0 Å². The molecule has 90 valence electrons. The molecule has 0 bridgehead atoms. The molecule has 1 aliphatic rings. The third-order valence-electron chi connectivity index (χ3n) is 2.93. The lowest BCUT2D eigenvalue weighted by molar-refractivity contribution is -0.0167. The van der Waals surface area contributed by atoms with Crippen molar-refractivity contribution in [2.24, 2.45) is 0 Å². The minimum atomic E-state index is -1.06. The van der Waals surface area contributed by atoms with Crippen LogP contribution < -0.4 is 5.32 Å². The van der Waals surface area contributed by atoms with Crippen LogP contribution in [0.2, 0.25) is 0 Å². The van der Waals surface area contributed by atoms with Crippen LogP contribution in [0.25, 0.3) is 11.6 Å². The van der Waals surface area contributed by atoms with Gasteiger partial charge < -0.3 is 19.4 Å². The van der Waals surface area contributed by atoms with Crippen LogP contribution in [0, 0.1) is 0 Å². The van der Waals surface area contributed by atoms with Gasteiger partial charge in [0, 0.05) is 6.54 Å². The second-order valence-corrected chi connectivity index (χ2v) is 4.21. The molecule has 0 saturated carbocycles. The SMILES string of the molecule is OC1(c2nc(-c3ccco3)no2)CCCNC1. The normalized spacial score (nSPS) is 25.0. The maximum Gasteiger partial charge on any atom is 0.260 e. The van der Waals surface area contributed by atoms with Crippen molar-refractivity contribution in [3.8, 4) is 11.6 Å². The molecule has 0 aliphatic carbocycles. The minimum absolute atomic E-state index is 0.246. The first-order valence-corrected chi connectivity index (χ1v) is 5.59. The predicted octanol–water partition coefficient (Wildman–Crippen LogP) is 0.901. The molecule has 1 atom stereocenters. The number of hydrogen-bond donors (Lipinski definition) is 2. The quantitative estimate of drug-likeness (QED) is 0.804. The number of β-amino-alcohol motifs (C(OH)–C–C–N with tert-alkyl or cyclic N) is 1. The number of nitrogens with zero attached hydrogens (tertiary/aromatic N) is 2. The monoisotopic (exact) mass is 235 g/mol. The predicted molar refractivity (Wildman–Crippen MR) is 58.0 cm³/mol. The first kappa shape index (κ1) is 10.5. The van der Waals surface area contributed by atoms with Crippen LogP contribution in [-0.2, 0) is 5.60 Å². The number of aromatic nitrogens is 2. The second-order valence-electron chi connectivity index (χ2n) is 4.21. The van der Waals surface area contributed by atoms with Crippen LogP contribution in [0.5, 0.6) is 0 Å². The smallest absolute Gasteiger partial charge is 0.260 e. The molecule has 0 spiro atoms. The summed E-state index contributed by atoms with van der Waals surface area (Å²) in [4.78, 5) is 4.19. The van der Waals surface area contributed by atoms with Crippen molar-refractivity contribution < 1.29 is 14.0 Å². The lowest BCUT2D eigenvalue weighted by atomic mass is 9.94. The Balaban J connectivity index is 1.89. The molecule has 1 saturated heterocycles. The van der Waals surface area contributed by atoms with Gasteiger partial charge in [0.1, 0.15) is 0 Å². The highest BCUT2D eigenvalue weighted by molar-refractivity contribution is 5.44. The van der Waals surface area contributed by atoms with Gasteiger partial charge in [-0.05, 0) is 31.5 Å². The molecule has 2 aromatic heterocycles. The maximum absolute atomic E-state index is 10.4. The summed E-state index contributed by atoms with van der Waals surface area (Å²) < 4.78 is 10.3. The third-order valence-corrected chi connectivity index (χ3v) is 2.93. The zero-order valence-electron chi connectivity index (χ0n) is 9.22. The van der Waals surface area contributed by atoms with Crippen LogP contribution in [0.4, 0.5) is 0 Å². The summed E-state index contributed by atoms with van der Waals surface area (Å²) in [6, 6.07) is 3.50. The van der Waals surface area contributed by atoms with E-state index in [-0.39, 0.29) is 5.89 Å². The van der Waals surface area contributed by atoms with Gasteiger partial charge in [0.05, 0.1) is 6.26 Å². The van der Waals surface area contributed by atoms with Crippen molar-refractivity contribution in [3.05, 3.63) is 24.3 Å². The molecule has 0 amide bonds. The summed E-state index contributed by atoms with van der Waals surface area (Å²) in [6.45, 7) is 1.34. The lowest BCUT2D eigenvalue weighted by Crippen LogP contribution is -2.43. The molecule has 2 N–H and O–H groups in total. The van der Waals surface area contributed by atoms with Gasteiger partial charge in [-0.25, -0.2) is 0 Å². The Morgan fingerprint density at radius 3 is 3.12 bits per heavy atom. The second kappa shape index (κ2) is 3.97. The van der Waals surface area contributed by atoms with Crippen molar-refractivity contribution in [3.63, 3.8) is 0 Å². The molecular weight excluding hydrogens is 222 g/mol. The number of aliphatic hydroxyl groups is 1. The highest BCUT2D eigenvalue weighted by Crippen LogP contribution is 2.28. The Labute approximate surface area is 97.6 Å². The standard InChI is InChI=1S/C11H13N3O3/c15-11(4-2-5-12-7-11)10-13-9(14-17-10)8-3-1-6-16-8/h1,3,6,12,15H,2,4-5,7H2. The van der Waals surface area contributed by atoms with E-state index in [9.17, 15) is 5.11 Å². The summed E-state index contributed by atoms with van der Waals surface area (Å²) in [5.41, 5.74) is -1.06. The molecule has 3 heterocycles. The Morgan fingerprint density at radius 1 is 1.47 bits per heavy atom. The fourth-order valence-electron chi connectivity index (χ4n) is 1.99. The molecule has 2 aromatic rings. The molecule has 1 unspecified atom stereocenters. The number of furan rings is 1. The van der Waals surface area contributed by atoms with Gasteiger partial charge in [0.25, 0.3) is 5.89 Å². The molecule has 6 nitrogen and oxygen atoms in total. The number of rotatable bonds is 2. The van der Waals surface area contributed by atoms with E-state index in [0.717, 1.165) is 13.0 Å². The Hall–Kier alpha value is -1.66. The molecule has 3 rings (SSSR count). The fourth-order valence-corrected chi connectivity index (χ4v) is 1.99. The fraction of sp³-hybridized carbons (Fsp3) is 0.455. The van der Waals surface area contributed by atoms with Crippen LogP contribution in [-0.4, -0.2) is 28.3 Å². The maximum atomic E-state index is 10.4. The largest absolute Gasteiger partial charge is 0.461 e. The van der Waals surface area contributed by atoms with E-state index in [0.29, 0.717) is 24.6 Å². The lowest BCUT2D eigenvalue weighted by Gasteiger charge is -2.28. The van der Waals surface area contributed by atoms with E-state index in [2.05, 4.69) is 15.5 Å². The van der Waals surface area contributed by atoms with Gasteiger partial charge in [0.15, 0.2) is 11.4 Å². The van der Waals surface area contributed by atoms with Crippen LogP contribution in [0.15, 0.2) is 27.3 Å². The molecule has 0 radical (unpaired) electrons. The first-order chi connectivity index (χ1) is 8.28. The summed E-state index contributed by atoms with van der Waals surface area (Å²) >= 11 is 0. The topological polar surface area (TPSA) is 84.3 Å². The Kier molecular flexibility index (Phi) is 2.45.